The van der Waals surface area contributed by atoms with Gasteiger partial charge < -0.3 is 15.5 Å². The van der Waals surface area contributed by atoms with E-state index in [1.54, 1.807) is 19.2 Å². The number of rotatable bonds is 6. The molecular weight excluding hydrogens is 276 g/mol. The molecule has 0 saturated heterocycles. The van der Waals surface area contributed by atoms with Crippen LogP contribution in [-0.2, 0) is 17.8 Å². The first kappa shape index (κ1) is 14.5. The van der Waals surface area contributed by atoms with Crippen LogP contribution in [0.3, 0.4) is 0 Å². The van der Waals surface area contributed by atoms with Gasteiger partial charge in [-0.1, -0.05) is 12.1 Å². The first-order valence-electron chi connectivity index (χ1n) is 6.22. The van der Waals surface area contributed by atoms with Gasteiger partial charge in [-0.05, 0) is 24.6 Å². The number of aliphatic hydroxyl groups excluding tert-OH is 1. The maximum Gasteiger partial charge on any atom is 0.307 e. The average Bonchev–Trinajstić information content (AvgIpc) is 2.85. The van der Waals surface area contributed by atoms with E-state index in [4.69, 9.17) is 5.11 Å². The summed E-state index contributed by atoms with van der Waals surface area (Å²) in [7, 11) is 0. The predicted molar refractivity (Wildman–Crippen MR) is 77.9 cm³/mol. The van der Waals surface area contributed by atoms with Gasteiger partial charge in [0, 0.05) is 16.8 Å². The molecule has 0 bridgehead atoms. The molecule has 0 aliphatic heterocycles. The third-order valence-electron chi connectivity index (χ3n) is 2.68. The van der Waals surface area contributed by atoms with Crippen molar-refractivity contribution in [2.75, 3.05) is 5.32 Å². The van der Waals surface area contributed by atoms with Crippen LogP contribution in [0.5, 0.6) is 0 Å². The topological polar surface area (TPSA) is 82.5 Å². The monoisotopic (exact) mass is 292 g/mol. The molecule has 1 heterocycles. The van der Waals surface area contributed by atoms with Gasteiger partial charge in [-0.3, -0.25) is 4.79 Å². The number of benzene rings is 1. The molecule has 1 atom stereocenters. The van der Waals surface area contributed by atoms with E-state index in [0.29, 0.717) is 11.6 Å². The van der Waals surface area contributed by atoms with Crippen LogP contribution in [-0.4, -0.2) is 21.2 Å². The van der Waals surface area contributed by atoms with E-state index in [0.717, 1.165) is 16.1 Å². The number of hydrogen-bond acceptors (Lipinski definition) is 5. The number of aliphatic hydroxyl groups is 1. The second-order valence-corrected chi connectivity index (χ2v) is 5.61. The van der Waals surface area contributed by atoms with Gasteiger partial charge in [-0.15, -0.1) is 11.3 Å². The highest BCUT2D eigenvalue weighted by atomic mass is 32.1. The number of nitrogens with zero attached hydrogens (tertiary/aromatic N) is 1. The van der Waals surface area contributed by atoms with Gasteiger partial charge in [0.25, 0.3) is 0 Å². The number of aromatic nitrogens is 1. The van der Waals surface area contributed by atoms with Gasteiger partial charge in [0.2, 0.25) is 0 Å². The molecule has 20 heavy (non-hydrogen) atoms. The fraction of sp³-hybridized carbons (Fsp3) is 0.286. The molecule has 1 aromatic heterocycles. The fourth-order valence-corrected chi connectivity index (χ4v) is 2.55. The van der Waals surface area contributed by atoms with E-state index in [1.165, 1.54) is 11.3 Å². The first-order chi connectivity index (χ1) is 9.54. The molecule has 0 radical (unpaired) electrons. The number of aliphatic carboxylic acids is 1. The van der Waals surface area contributed by atoms with Gasteiger partial charge in [0.1, 0.15) is 11.1 Å². The molecule has 0 amide bonds. The molecule has 2 aromatic rings. The summed E-state index contributed by atoms with van der Waals surface area (Å²) >= 11 is 1.46. The van der Waals surface area contributed by atoms with Crippen LogP contribution in [0.4, 0.5) is 5.69 Å². The van der Waals surface area contributed by atoms with Crippen molar-refractivity contribution in [1.82, 2.24) is 4.98 Å². The summed E-state index contributed by atoms with van der Waals surface area (Å²) in [4.78, 5) is 15.8. The maximum atomic E-state index is 10.7. The van der Waals surface area contributed by atoms with Crippen molar-refractivity contribution >= 4 is 23.0 Å². The molecule has 2 rings (SSSR count). The Balaban J connectivity index is 1.97. The molecule has 5 nitrogen and oxygen atoms in total. The highest BCUT2D eigenvalue weighted by Crippen LogP contribution is 2.21. The largest absolute Gasteiger partial charge is 0.481 e. The van der Waals surface area contributed by atoms with Gasteiger partial charge in [-0.25, -0.2) is 4.98 Å². The number of carboxylic acid groups (broad SMARTS) is 1. The summed E-state index contributed by atoms with van der Waals surface area (Å²) in [6, 6.07) is 7.33. The van der Waals surface area contributed by atoms with E-state index < -0.39 is 12.1 Å². The minimum atomic E-state index is -0.841. The Hall–Kier alpha value is -1.92. The first-order valence-corrected chi connectivity index (χ1v) is 7.03. The van der Waals surface area contributed by atoms with Crippen molar-refractivity contribution in [1.29, 1.82) is 0 Å². The highest BCUT2D eigenvalue weighted by Gasteiger charge is 2.07. The zero-order valence-corrected chi connectivity index (χ0v) is 11.9. The van der Waals surface area contributed by atoms with Crippen LogP contribution >= 0.6 is 11.3 Å². The second-order valence-electron chi connectivity index (χ2n) is 4.47. The molecule has 0 spiro atoms. The Morgan fingerprint density at radius 1 is 1.50 bits per heavy atom. The molecule has 0 fully saturated rings. The van der Waals surface area contributed by atoms with Gasteiger partial charge >= 0.3 is 5.97 Å². The number of carbonyl (C=O) groups is 1. The lowest BCUT2D eigenvalue weighted by molar-refractivity contribution is -0.136. The zero-order valence-electron chi connectivity index (χ0n) is 11.0. The molecule has 106 valence electrons. The fourth-order valence-electron chi connectivity index (χ4n) is 1.75. The van der Waals surface area contributed by atoms with E-state index in [-0.39, 0.29) is 6.42 Å². The lowest BCUT2D eigenvalue weighted by Crippen LogP contribution is -2.02. The van der Waals surface area contributed by atoms with Crippen LogP contribution in [0.25, 0.3) is 0 Å². The minimum Gasteiger partial charge on any atom is -0.481 e. The van der Waals surface area contributed by atoms with Gasteiger partial charge in [-0.2, -0.15) is 0 Å². The molecule has 0 aliphatic rings. The third kappa shape index (κ3) is 4.04. The standard InChI is InChI=1S/C14H16N2O3S/c1-9(17)14-16-8-12(20-14)7-15-11-4-2-3-10(5-11)6-13(18)19/h2-5,8-9,15,17H,6-7H2,1H3,(H,18,19). The van der Waals surface area contributed by atoms with Gasteiger partial charge in [0.15, 0.2) is 0 Å². The number of anilines is 1. The summed E-state index contributed by atoms with van der Waals surface area (Å²) in [6.45, 7) is 2.28. The molecule has 3 N–H and O–H groups in total. The SMILES string of the molecule is CC(O)c1ncc(CNc2cccc(CC(=O)O)c2)s1. The van der Waals surface area contributed by atoms with Crippen LogP contribution < -0.4 is 5.32 Å². The van der Waals surface area contributed by atoms with Crippen molar-refractivity contribution in [3.63, 3.8) is 0 Å². The van der Waals surface area contributed by atoms with E-state index in [9.17, 15) is 9.90 Å². The van der Waals surface area contributed by atoms with E-state index in [2.05, 4.69) is 10.3 Å². The van der Waals surface area contributed by atoms with Crippen molar-refractivity contribution in [3.8, 4) is 0 Å². The minimum absolute atomic E-state index is 0.0161. The normalized spacial score (nSPS) is 12.1. The smallest absolute Gasteiger partial charge is 0.307 e. The number of nitrogens with one attached hydrogen (secondary N) is 1. The lowest BCUT2D eigenvalue weighted by Gasteiger charge is -2.06. The summed E-state index contributed by atoms with van der Waals surface area (Å²) < 4.78 is 0. The van der Waals surface area contributed by atoms with Crippen LogP contribution in [0.1, 0.15) is 28.5 Å². The van der Waals surface area contributed by atoms with Crippen molar-refractivity contribution in [3.05, 3.63) is 45.9 Å². The van der Waals surface area contributed by atoms with Gasteiger partial charge in [0.05, 0.1) is 13.0 Å². The predicted octanol–water partition coefficient (Wildman–Crippen LogP) is 2.44. The number of carboxylic acids is 1. The zero-order chi connectivity index (χ0) is 14.5. The van der Waals surface area contributed by atoms with Crippen molar-refractivity contribution < 1.29 is 15.0 Å². The lowest BCUT2D eigenvalue weighted by atomic mass is 10.1. The Bertz CT molecular complexity index is 596. The van der Waals surface area contributed by atoms with Crippen LogP contribution in [0.15, 0.2) is 30.5 Å². The van der Waals surface area contributed by atoms with Crippen molar-refractivity contribution in [2.24, 2.45) is 0 Å². The quantitative estimate of drug-likeness (QED) is 0.761. The number of hydrogen-bond donors (Lipinski definition) is 3. The molecule has 0 saturated carbocycles. The molecule has 1 aromatic carbocycles. The third-order valence-corrected chi connectivity index (χ3v) is 3.85. The van der Waals surface area contributed by atoms with E-state index in [1.807, 2.05) is 18.2 Å². The maximum absolute atomic E-state index is 10.7. The Labute approximate surface area is 120 Å². The Morgan fingerprint density at radius 3 is 2.95 bits per heavy atom. The van der Waals surface area contributed by atoms with Crippen LogP contribution in [0, 0.1) is 0 Å². The Morgan fingerprint density at radius 2 is 2.30 bits per heavy atom. The van der Waals surface area contributed by atoms with Crippen LogP contribution in [0.2, 0.25) is 0 Å². The molecule has 1 unspecified atom stereocenters. The molecule has 0 aliphatic carbocycles. The van der Waals surface area contributed by atoms with Crippen molar-refractivity contribution in [2.45, 2.75) is 26.0 Å². The Kier molecular flexibility index (Phi) is 4.70. The summed E-state index contributed by atoms with van der Waals surface area (Å²) in [5, 5.41) is 22.1. The summed E-state index contributed by atoms with van der Waals surface area (Å²) in [6.07, 6.45) is 1.20. The number of thiazole rings is 1. The molecule has 6 heteroatoms. The molecular formula is C14H16N2O3S. The second kappa shape index (κ2) is 6.49. The average molecular weight is 292 g/mol. The van der Waals surface area contributed by atoms with E-state index >= 15 is 0 Å². The highest BCUT2D eigenvalue weighted by molar-refractivity contribution is 7.11. The summed E-state index contributed by atoms with van der Waals surface area (Å²) in [5.74, 6) is -0.841. The summed E-state index contributed by atoms with van der Waals surface area (Å²) in [5.41, 5.74) is 1.63.